The van der Waals surface area contributed by atoms with Gasteiger partial charge in [0.05, 0.1) is 18.4 Å². The lowest BCUT2D eigenvalue weighted by molar-refractivity contribution is 0.0697. The largest absolute Gasteiger partial charge is 0.493 e. The Morgan fingerprint density at radius 3 is 2.48 bits per heavy atom. The third-order valence-electron chi connectivity index (χ3n) is 4.51. The lowest BCUT2D eigenvalue weighted by Gasteiger charge is -2.11. The van der Waals surface area contributed by atoms with Gasteiger partial charge in [-0.25, -0.2) is 4.79 Å². The molecule has 3 aromatic rings. The molecule has 3 aromatic carbocycles. The second-order valence-electron chi connectivity index (χ2n) is 6.44. The van der Waals surface area contributed by atoms with Gasteiger partial charge in [-0.05, 0) is 59.5 Å². The lowest BCUT2D eigenvalue weighted by atomic mass is 10.1. The van der Waals surface area contributed by atoms with Gasteiger partial charge < -0.3 is 14.6 Å². The number of nitrogens with zero attached hydrogens (tertiary/aromatic N) is 1. The maximum absolute atomic E-state index is 10.9. The minimum absolute atomic E-state index is 0.250. The number of ether oxygens (including phenoxy) is 2. The van der Waals surface area contributed by atoms with Crippen LogP contribution in [-0.2, 0) is 13.0 Å². The summed E-state index contributed by atoms with van der Waals surface area (Å²) in [7, 11) is 1.59. The van der Waals surface area contributed by atoms with E-state index in [9.17, 15) is 4.79 Å². The highest BCUT2D eigenvalue weighted by Crippen LogP contribution is 2.29. The van der Waals surface area contributed by atoms with E-state index in [0.717, 1.165) is 23.2 Å². The van der Waals surface area contributed by atoms with E-state index in [0.29, 0.717) is 18.1 Å². The normalized spacial score (nSPS) is 10.8. The highest BCUT2D eigenvalue weighted by atomic mass is 16.5. The summed E-state index contributed by atoms with van der Waals surface area (Å²) in [5.74, 6) is 0.277. The summed E-state index contributed by atoms with van der Waals surface area (Å²) in [6.45, 7) is 2.42. The minimum atomic E-state index is -0.946. The summed E-state index contributed by atoms with van der Waals surface area (Å²) in [6.07, 6.45) is 2.74. The summed E-state index contributed by atoms with van der Waals surface area (Å²) in [4.78, 5) is 15.5. The number of carboxylic acid groups (broad SMARTS) is 1. The molecule has 0 spiro atoms. The molecular formula is C24H23NO4. The van der Waals surface area contributed by atoms with Crippen LogP contribution in [0.25, 0.3) is 0 Å². The van der Waals surface area contributed by atoms with Crippen LogP contribution in [0, 0.1) is 0 Å². The van der Waals surface area contributed by atoms with Crippen molar-refractivity contribution in [3.05, 3.63) is 89.0 Å². The summed E-state index contributed by atoms with van der Waals surface area (Å²) >= 11 is 0. The zero-order valence-corrected chi connectivity index (χ0v) is 16.5. The predicted molar refractivity (Wildman–Crippen MR) is 114 cm³/mol. The Morgan fingerprint density at radius 1 is 1.03 bits per heavy atom. The van der Waals surface area contributed by atoms with Crippen LogP contribution in [-0.4, -0.2) is 24.4 Å². The molecule has 0 amide bonds. The SMILES string of the molecule is CCc1ccccc1N=Cc1ccc(OCc2ccc(C(=O)O)cc2)c(OC)c1. The molecule has 0 radical (unpaired) electrons. The van der Waals surface area contributed by atoms with Gasteiger partial charge in [0.25, 0.3) is 0 Å². The molecule has 1 N–H and O–H groups in total. The van der Waals surface area contributed by atoms with Gasteiger partial charge >= 0.3 is 5.97 Å². The third kappa shape index (κ3) is 5.23. The molecule has 29 heavy (non-hydrogen) atoms. The first kappa shape index (κ1) is 20.1. The van der Waals surface area contributed by atoms with Gasteiger partial charge in [-0.3, -0.25) is 4.99 Å². The average Bonchev–Trinajstić information content (AvgIpc) is 2.76. The van der Waals surface area contributed by atoms with Crippen LogP contribution in [0.5, 0.6) is 11.5 Å². The van der Waals surface area contributed by atoms with E-state index >= 15 is 0 Å². The number of carboxylic acids is 1. The molecule has 0 aliphatic carbocycles. The molecule has 0 fully saturated rings. The fourth-order valence-corrected chi connectivity index (χ4v) is 2.87. The number of hydrogen-bond acceptors (Lipinski definition) is 4. The fraction of sp³-hybridized carbons (Fsp3) is 0.167. The van der Waals surface area contributed by atoms with Crippen molar-refractivity contribution in [2.24, 2.45) is 4.99 Å². The highest BCUT2D eigenvalue weighted by Gasteiger charge is 2.07. The molecule has 0 unspecified atom stereocenters. The monoisotopic (exact) mass is 389 g/mol. The van der Waals surface area contributed by atoms with E-state index in [2.05, 4.69) is 18.0 Å². The van der Waals surface area contributed by atoms with Crippen molar-refractivity contribution in [1.29, 1.82) is 0 Å². The summed E-state index contributed by atoms with van der Waals surface area (Å²) in [6, 6.07) is 20.3. The summed E-state index contributed by atoms with van der Waals surface area (Å²) in [5, 5.41) is 8.97. The molecule has 0 heterocycles. The van der Waals surface area contributed by atoms with Crippen molar-refractivity contribution in [2.75, 3.05) is 7.11 Å². The van der Waals surface area contributed by atoms with Crippen LogP contribution < -0.4 is 9.47 Å². The zero-order chi connectivity index (χ0) is 20.6. The van der Waals surface area contributed by atoms with Crippen molar-refractivity contribution in [2.45, 2.75) is 20.0 Å². The van der Waals surface area contributed by atoms with Crippen LogP contribution in [0.2, 0.25) is 0 Å². The maximum atomic E-state index is 10.9. The van der Waals surface area contributed by atoms with Gasteiger partial charge in [0.15, 0.2) is 11.5 Å². The highest BCUT2D eigenvalue weighted by molar-refractivity contribution is 5.87. The molecule has 148 valence electrons. The zero-order valence-electron chi connectivity index (χ0n) is 16.5. The van der Waals surface area contributed by atoms with Crippen LogP contribution >= 0.6 is 0 Å². The Balaban J connectivity index is 1.71. The molecule has 0 saturated carbocycles. The third-order valence-corrected chi connectivity index (χ3v) is 4.51. The average molecular weight is 389 g/mol. The second-order valence-corrected chi connectivity index (χ2v) is 6.44. The van der Waals surface area contributed by atoms with E-state index in [1.54, 1.807) is 31.4 Å². The van der Waals surface area contributed by atoms with Gasteiger partial charge in [-0.15, -0.1) is 0 Å². The minimum Gasteiger partial charge on any atom is -0.493 e. The number of methoxy groups -OCH3 is 1. The Kier molecular flexibility index (Phi) is 6.63. The van der Waals surface area contributed by atoms with Crippen molar-refractivity contribution < 1.29 is 19.4 Å². The van der Waals surface area contributed by atoms with Crippen molar-refractivity contribution in [1.82, 2.24) is 0 Å². The Labute approximate surface area is 170 Å². The predicted octanol–water partition coefficient (Wildman–Crippen LogP) is 5.29. The molecule has 3 rings (SSSR count). The van der Waals surface area contributed by atoms with Crippen LogP contribution in [0.4, 0.5) is 5.69 Å². The van der Waals surface area contributed by atoms with Gasteiger partial charge in [0.2, 0.25) is 0 Å². The quantitative estimate of drug-likeness (QED) is 0.532. The van der Waals surface area contributed by atoms with E-state index in [4.69, 9.17) is 14.6 Å². The number of aliphatic imine (C=N–C) groups is 1. The molecule has 0 bridgehead atoms. The Hall–Kier alpha value is -3.60. The lowest BCUT2D eigenvalue weighted by Crippen LogP contribution is -2.00. The van der Waals surface area contributed by atoms with E-state index in [1.165, 1.54) is 5.56 Å². The molecule has 0 saturated heterocycles. The van der Waals surface area contributed by atoms with Crippen molar-refractivity contribution >= 4 is 17.9 Å². The van der Waals surface area contributed by atoms with Gasteiger partial charge in [0, 0.05) is 6.21 Å². The first-order chi connectivity index (χ1) is 14.1. The molecule has 0 atom stereocenters. The van der Waals surface area contributed by atoms with Crippen molar-refractivity contribution in [3.63, 3.8) is 0 Å². The molecule has 0 aromatic heterocycles. The molecular weight excluding hydrogens is 366 g/mol. The summed E-state index contributed by atoms with van der Waals surface area (Å²) < 4.78 is 11.3. The Bertz CT molecular complexity index is 1010. The number of benzene rings is 3. The topological polar surface area (TPSA) is 68.1 Å². The number of hydrogen-bond donors (Lipinski definition) is 1. The number of carbonyl (C=O) groups is 1. The van der Waals surface area contributed by atoms with E-state index in [-0.39, 0.29) is 5.56 Å². The fourth-order valence-electron chi connectivity index (χ4n) is 2.87. The van der Waals surface area contributed by atoms with E-state index in [1.807, 2.05) is 42.6 Å². The smallest absolute Gasteiger partial charge is 0.335 e. The number of rotatable bonds is 8. The maximum Gasteiger partial charge on any atom is 0.335 e. The Morgan fingerprint density at radius 2 is 1.79 bits per heavy atom. The first-order valence-electron chi connectivity index (χ1n) is 9.35. The number of para-hydroxylation sites is 1. The molecule has 0 aliphatic rings. The van der Waals surface area contributed by atoms with Crippen molar-refractivity contribution in [3.8, 4) is 11.5 Å². The summed E-state index contributed by atoms with van der Waals surface area (Å²) in [5.41, 5.74) is 4.19. The molecule has 5 heteroatoms. The van der Waals surface area contributed by atoms with Crippen LogP contribution in [0.3, 0.4) is 0 Å². The van der Waals surface area contributed by atoms with Gasteiger partial charge in [-0.1, -0.05) is 37.3 Å². The van der Waals surface area contributed by atoms with Crippen LogP contribution in [0.15, 0.2) is 71.7 Å². The first-order valence-corrected chi connectivity index (χ1v) is 9.35. The van der Waals surface area contributed by atoms with Gasteiger partial charge in [0.1, 0.15) is 6.61 Å². The molecule has 0 aliphatic heterocycles. The number of aromatic carboxylic acids is 1. The van der Waals surface area contributed by atoms with Gasteiger partial charge in [-0.2, -0.15) is 0 Å². The molecule has 5 nitrogen and oxygen atoms in total. The van der Waals surface area contributed by atoms with Crippen LogP contribution in [0.1, 0.15) is 34.0 Å². The van der Waals surface area contributed by atoms with E-state index < -0.39 is 5.97 Å². The second kappa shape index (κ2) is 9.55. The standard InChI is InChI=1S/C24H23NO4/c1-3-19-6-4-5-7-21(19)25-15-18-10-13-22(23(14-18)28-2)29-16-17-8-11-20(12-9-17)24(26)27/h4-15H,3,16H2,1-2H3,(H,26,27). The number of aryl methyl sites for hydroxylation is 1.